The summed E-state index contributed by atoms with van der Waals surface area (Å²) in [7, 11) is -1.43. The summed E-state index contributed by atoms with van der Waals surface area (Å²) in [5.41, 5.74) is 7.17. The van der Waals surface area contributed by atoms with Gasteiger partial charge in [-0.15, -0.1) is 0 Å². The Morgan fingerprint density at radius 1 is 1.30 bits per heavy atom. The molecular weight excluding hydrogens is 274 g/mol. The molecule has 0 bridgehead atoms. The van der Waals surface area contributed by atoms with Crippen LogP contribution >= 0.6 is 0 Å². The van der Waals surface area contributed by atoms with Gasteiger partial charge < -0.3 is 10.3 Å². The fourth-order valence-corrected chi connectivity index (χ4v) is 3.33. The topological polar surface area (TPSA) is 78.0 Å². The second-order valence-electron chi connectivity index (χ2n) is 5.25. The first kappa shape index (κ1) is 15.0. The van der Waals surface area contributed by atoms with E-state index in [2.05, 4.69) is 4.98 Å². The summed E-state index contributed by atoms with van der Waals surface area (Å²) in [4.78, 5) is 4.81. The van der Waals surface area contributed by atoms with Crippen molar-refractivity contribution in [1.82, 2.24) is 9.55 Å². The zero-order valence-corrected chi connectivity index (χ0v) is 13.2. The van der Waals surface area contributed by atoms with Crippen molar-refractivity contribution in [2.45, 2.75) is 37.1 Å². The van der Waals surface area contributed by atoms with Crippen LogP contribution in [0.5, 0.6) is 0 Å². The largest absolute Gasteiger partial charge is 0.330 e. The molecule has 0 spiro atoms. The molecule has 0 amide bonds. The minimum absolute atomic E-state index is 0.256. The molecule has 0 radical (unpaired) electrons. The van der Waals surface area contributed by atoms with E-state index < -0.39 is 15.4 Å². The third kappa shape index (κ3) is 2.23. The second kappa shape index (κ2) is 4.86. The molecular formula is C14H21N3O2S. The summed E-state index contributed by atoms with van der Waals surface area (Å²) in [6.07, 6.45) is 2.69. The Kier molecular flexibility index (Phi) is 3.64. The lowest BCUT2D eigenvalue weighted by atomic mass is 9.93. The number of aryl methyl sites for hydroxylation is 1. The predicted molar refractivity (Wildman–Crippen MR) is 80.3 cm³/mol. The molecule has 20 heavy (non-hydrogen) atoms. The molecule has 1 heterocycles. The van der Waals surface area contributed by atoms with Crippen LogP contribution in [0.3, 0.4) is 0 Å². The molecule has 0 atom stereocenters. The highest BCUT2D eigenvalue weighted by Crippen LogP contribution is 2.30. The molecule has 5 nitrogen and oxygen atoms in total. The van der Waals surface area contributed by atoms with E-state index in [0.717, 1.165) is 24.2 Å². The standard InChI is InChI=1S/C14H21N3O2S/c1-5-14(15,6-2)13-16-12-10(17(13)3)8-7-9-11(12)20(4,18)19/h7-9H,5-6,15H2,1-4H3. The molecule has 0 unspecified atom stereocenters. The van der Waals surface area contributed by atoms with Crippen LogP contribution in [-0.2, 0) is 22.4 Å². The summed E-state index contributed by atoms with van der Waals surface area (Å²) >= 11 is 0. The first-order valence-electron chi connectivity index (χ1n) is 6.69. The van der Waals surface area contributed by atoms with Gasteiger partial charge in [0.25, 0.3) is 0 Å². The molecule has 0 aliphatic carbocycles. The number of sulfone groups is 1. The minimum Gasteiger partial charge on any atom is -0.330 e. The van der Waals surface area contributed by atoms with Crippen molar-refractivity contribution in [2.75, 3.05) is 6.26 Å². The number of hydrogen-bond donors (Lipinski definition) is 1. The summed E-state index contributed by atoms with van der Waals surface area (Å²) in [6, 6.07) is 5.19. The van der Waals surface area contributed by atoms with Gasteiger partial charge in [0.05, 0.1) is 16.0 Å². The van der Waals surface area contributed by atoms with E-state index in [9.17, 15) is 8.42 Å². The number of fused-ring (bicyclic) bond motifs is 1. The van der Waals surface area contributed by atoms with Gasteiger partial charge in [0, 0.05) is 13.3 Å². The van der Waals surface area contributed by atoms with Crippen molar-refractivity contribution >= 4 is 20.9 Å². The maximum atomic E-state index is 11.9. The summed E-state index contributed by atoms with van der Waals surface area (Å²) in [6.45, 7) is 4.03. The molecule has 110 valence electrons. The van der Waals surface area contributed by atoms with Crippen molar-refractivity contribution in [3.8, 4) is 0 Å². The molecule has 2 aromatic rings. The highest BCUT2D eigenvalue weighted by Gasteiger charge is 2.30. The molecule has 0 saturated carbocycles. The number of hydrogen-bond acceptors (Lipinski definition) is 4. The number of rotatable bonds is 4. The Balaban J connectivity index is 2.83. The smallest absolute Gasteiger partial charge is 0.177 e. The molecule has 0 saturated heterocycles. The van der Waals surface area contributed by atoms with Gasteiger partial charge in [0.2, 0.25) is 0 Å². The predicted octanol–water partition coefficient (Wildman–Crippen LogP) is 1.95. The first-order chi connectivity index (χ1) is 9.24. The van der Waals surface area contributed by atoms with E-state index in [1.165, 1.54) is 6.26 Å². The highest BCUT2D eigenvalue weighted by atomic mass is 32.2. The van der Waals surface area contributed by atoms with E-state index in [0.29, 0.717) is 5.52 Å². The van der Waals surface area contributed by atoms with Crippen LogP contribution < -0.4 is 5.73 Å². The number of aromatic nitrogens is 2. The third-order valence-corrected chi connectivity index (χ3v) is 5.11. The molecule has 2 rings (SSSR count). The lowest BCUT2D eigenvalue weighted by Crippen LogP contribution is -2.37. The average molecular weight is 295 g/mol. The SMILES string of the molecule is CCC(N)(CC)c1nc2c(S(C)(=O)=O)cccc2n1C. The summed E-state index contributed by atoms with van der Waals surface area (Å²) in [5.74, 6) is 0.730. The number of para-hydroxylation sites is 1. The van der Waals surface area contributed by atoms with Crippen LogP contribution in [0.2, 0.25) is 0 Å². The maximum absolute atomic E-state index is 11.9. The van der Waals surface area contributed by atoms with Gasteiger partial charge in [-0.1, -0.05) is 19.9 Å². The normalized spacial score (nSPS) is 13.1. The third-order valence-electron chi connectivity index (χ3n) is 3.98. The van der Waals surface area contributed by atoms with E-state index in [1.807, 2.05) is 31.5 Å². The molecule has 1 aromatic heterocycles. The lowest BCUT2D eigenvalue weighted by Gasteiger charge is -2.25. The summed E-state index contributed by atoms with van der Waals surface area (Å²) < 4.78 is 25.7. The van der Waals surface area contributed by atoms with Crippen LogP contribution in [-0.4, -0.2) is 24.2 Å². The fraction of sp³-hybridized carbons (Fsp3) is 0.500. The van der Waals surface area contributed by atoms with Crippen molar-refractivity contribution < 1.29 is 8.42 Å². The molecule has 0 aliphatic heterocycles. The Bertz CT molecular complexity index is 743. The Hall–Kier alpha value is -1.40. The van der Waals surface area contributed by atoms with E-state index >= 15 is 0 Å². The van der Waals surface area contributed by atoms with Crippen molar-refractivity contribution in [1.29, 1.82) is 0 Å². The monoisotopic (exact) mass is 295 g/mol. The molecule has 0 fully saturated rings. The van der Waals surface area contributed by atoms with Crippen LogP contribution in [0.25, 0.3) is 11.0 Å². The van der Waals surface area contributed by atoms with Gasteiger partial charge in [-0.2, -0.15) is 0 Å². The lowest BCUT2D eigenvalue weighted by molar-refractivity contribution is 0.378. The van der Waals surface area contributed by atoms with Gasteiger partial charge >= 0.3 is 0 Å². The van der Waals surface area contributed by atoms with E-state index in [4.69, 9.17) is 5.73 Å². The van der Waals surface area contributed by atoms with E-state index in [1.54, 1.807) is 12.1 Å². The Labute approximate surface area is 119 Å². The number of nitrogens with zero attached hydrogens (tertiary/aromatic N) is 2. The van der Waals surface area contributed by atoms with Crippen molar-refractivity contribution in [3.63, 3.8) is 0 Å². The Morgan fingerprint density at radius 2 is 1.90 bits per heavy atom. The van der Waals surface area contributed by atoms with Crippen LogP contribution in [0.15, 0.2) is 23.1 Å². The van der Waals surface area contributed by atoms with E-state index in [-0.39, 0.29) is 4.90 Å². The van der Waals surface area contributed by atoms with Crippen molar-refractivity contribution in [2.24, 2.45) is 12.8 Å². The fourth-order valence-electron chi connectivity index (χ4n) is 2.50. The second-order valence-corrected chi connectivity index (χ2v) is 7.24. The minimum atomic E-state index is -3.31. The molecule has 1 aromatic carbocycles. The zero-order chi connectivity index (χ0) is 15.1. The Morgan fingerprint density at radius 3 is 2.40 bits per heavy atom. The van der Waals surface area contributed by atoms with Gasteiger partial charge in [-0.05, 0) is 25.0 Å². The quantitative estimate of drug-likeness (QED) is 0.935. The van der Waals surface area contributed by atoms with Crippen LogP contribution in [0, 0.1) is 0 Å². The number of imidazole rings is 1. The van der Waals surface area contributed by atoms with Crippen LogP contribution in [0.1, 0.15) is 32.5 Å². The number of nitrogens with two attached hydrogens (primary N) is 1. The molecule has 6 heteroatoms. The van der Waals surface area contributed by atoms with Gasteiger partial charge in [0.1, 0.15) is 11.3 Å². The number of benzene rings is 1. The molecule has 2 N–H and O–H groups in total. The maximum Gasteiger partial charge on any atom is 0.177 e. The van der Waals surface area contributed by atoms with Gasteiger partial charge in [-0.25, -0.2) is 13.4 Å². The van der Waals surface area contributed by atoms with Crippen molar-refractivity contribution in [3.05, 3.63) is 24.0 Å². The average Bonchev–Trinajstić information content (AvgIpc) is 2.75. The summed E-state index contributed by atoms with van der Waals surface area (Å²) in [5, 5.41) is 0. The van der Waals surface area contributed by atoms with Gasteiger partial charge in [-0.3, -0.25) is 0 Å². The first-order valence-corrected chi connectivity index (χ1v) is 8.58. The highest BCUT2D eigenvalue weighted by molar-refractivity contribution is 7.91. The molecule has 0 aliphatic rings. The van der Waals surface area contributed by atoms with Crippen LogP contribution in [0.4, 0.5) is 0 Å². The zero-order valence-electron chi connectivity index (χ0n) is 12.3. The van der Waals surface area contributed by atoms with Gasteiger partial charge in [0.15, 0.2) is 9.84 Å².